The SMILES string of the molecule is CCCCCCCO.[H-].[Li+]. The molecule has 0 spiro atoms. The third-order valence-electron chi connectivity index (χ3n) is 1.26. The zero-order valence-corrected chi connectivity index (χ0v) is 6.69. The summed E-state index contributed by atoms with van der Waals surface area (Å²) in [6.45, 7) is 2.56. The van der Waals surface area contributed by atoms with E-state index in [0.717, 1.165) is 6.42 Å². The molecule has 0 fully saturated rings. The van der Waals surface area contributed by atoms with Crippen LogP contribution in [0.15, 0.2) is 0 Å². The summed E-state index contributed by atoms with van der Waals surface area (Å²) >= 11 is 0. The predicted octanol–water partition coefficient (Wildman–Crippen LogP) is -0.934. The van der Waals surface area contributed by atoms with Crippen LogP contribution in [-0.4, -0.2) is 11.7 Å². The maximum Gasteiger partial charge on any atom is 1.00 e. The van der Waals surface area contributed by atoms with Gasteiger partial charge in [-0.05, 0) is 6.42 Å². The van der Waals surface area contributed by atoms with Crippen LogP contribution in [0.2, 0.25) is 0 Å². The van der Waals surface area contributed by atoms with Crippen molar-refractivity contribution in [3.63, 3.8) is 0 Å². The molecule has 0 aliphatic rings. The van der Waals surface area contributed by atoms with Gasteiger partial charge in [0.1, 0.15) is 0 Å². The second-order valence-corrected chi connectivity index (χ2v) is 2.14. The van der Waals surface area contributed by atoms with Crippen LogP contribution >= 0.6 is 0 Å². The van der Waals surface area contributed by atoms with Gasteiger partial charge in [-0.1, -0.05) is 32.6 Å². The van der Waals surface area contributed by atoms with E-state index in [9.17, 15) is 0 Å². The molecule has 0 atom stereocenters. The van der Waals surface area contributed by atoms with Gasteiger partial charge in [-0.15, -0.1) is 0 Å². The van der Waals surface area contributed by atoms with Crippen LogP contribution in [0.3, 0.4) is 0 Å². The predicted molar refractivity (Wildman–Crippen MR) is 37.0 cm³/mol. The van der Waals surface area contributed by atoms with Crippen LogP contribution in [-0.2, 0) is 0 Å². The second kappa shape index (κ2) is 11.4. The normalized spacial score (nSPS) is 8.67. The van der Waals surface area contributed by atoms with Gasteiger partial charge in [0.25, 0.3) is 0 Å². The Morgan fingerprint density at radius 1 is 1.11 bits per heavy atom. The number of hydrogen-bond donors (Lipinski definition) is 1. The molecule has 2 heteroatoms. The van der Waals surface area contributed by atoms with Gasteiger partial charge in [0.2, 0.25) is 0 Å². The molecule has 0 bridgehead atoms. The minimum atomic E-state index is 0. The van der Waals surface area contributed by atoms with E-state index in [-0.39, 0.29) is 20.3 Å². The smallest absolute Gasteiger partial charge is 1.00 e. The van der Waals surface area contributed by atoms with E-state index in [1.54, 1.807) is 0 Å². The molecule has 0 aliphatic heterocycles. The number of unbranched alkanes of at least 4 members (excludes halogenated alkanes) is 4. The molecule has 0 aliphatic carbocycles. The molecule has 0 aromatic rings. The monoisotopic (exact) mass is 124 g/mol. The molecular formula is C7H17LiO. The summed E-state index contributed by atoms with van der Waals surface area (Å²) in [6.07, 6.45) is 6.08. The Labute approximate surface area is 71.5 Å². The molecule has 0 aromatic carbocycles. The Balaban J connectivity index is -0.000000245. The van der Waals surface area contributed by atoms with Gasteiger partial charge in [-0.25, -0.2) is 0 Å². The zero-order valence-electron chi connectivity index (χ0n) is 7.69. The standard InChI is InChI=1S/C7H16O.Li.H/c1-2-3-4-5-6-7-8;;/h8H,2-7H2,1H3;;/q;+1;-1. The molecule has 0 aromatic heterocycles. The average molecular weight is 124 g/mol. The van der Waals surface area contributed by atoms with E-state index in [2.05, 4.69) is 6.92 Å². The second-order valence-electron chi connectivity index (χ2n) is 2.14. The minimum absolute atomic E-state index is 0. The molecule has 52 valence electrons. The van der Waals surface area contributed by atoms with E-state index in [1.165, 1.54) is 25.7 Å². The minimum Gasteiger partial charge on any atom is -1.00 e. The Hall–Kier alpha value is 0.557. The van der Waals surface area contributed by atoms with Crippen molar-refractivity contribution in [2.75, 3.05) is 6.61 Å². The van der Waals surface area contributed by atoms with Gasteiger partial charge >= 0.3 is 18.9 Å². The fourth-order valence-corrected chi connectivity index (χ4v) is 0.715. The molecule has 0 radical (unpaired) electrons. The van der Waals surface area contributed by atoms with E-state index in [0.29, 0.717) is 6.61 Å². The van der Waals surface area contributed by atoms with Gasteiger partial charge in [0.05, 0.1) is 0 Å². The fourth-order valence-electron chi connectivity index (χ4n) is 0.715. The Bertz CT molecular complexity index is 38.6. The van der Waals surface area contributed by atoms with Gasteiger partial charge in [-0.3, -0.25) is 0 Å². The van der Waals surface area contributed by atoms with Crippen molar-refractivity contribution >= 4 is 0 Å². The van der Waals surface area contributed by atoms with Crippen LogP contribution in [0, 0.1) is 0 Å². The molecule has 0 heterocycles. The maximum atomic E-state index is 8.37. The first-order chi connectivity index (χ1) is 3.91. The van der Waals surface area contributed by atoms with Crippen LogP contribution in [0.25, 0.3) is 0 Å². The molecule has 0 saturated carbocycles. The summed E-state index contributed by atoms with van der Waals surface area (Å²) in [5.41, 5.74) is 0. The number of rotatable bonds is 5. The Morgan fingerprint density at radius 2 is 1.67 bits per heavy atom. The first kappa shape index (κ1) is 12.3. The summed E-state index contributed by atoms with van der Waals surface area (Å²) < 4.78 is 0. The van der Waals surface area contributed by atoms with Gasteiger partial charge in [-0.2, -0.15) is 0 Å². The summed E-state index contributed by atoms with van der Waals surface area (Å²) in [6, 6.07) is 0. The third-order valence-corrected chi connectivity index (χ3v) is 1.26. The molecule has 0 saturated heterocycles. The average Bonchev–Trinajstić information content (AvgIpc) is 1.81. The first-order valence-electron chi connectivity index (χ1n) is 3.52. The maximum absolute atomic E-state index is 8.37. The number of aliphatic hydroxyl groups excluding tert-OH is 1. The van der Waals surface area contributed by atoms with Crippen molar-refractivity contribution in [1.82, 2.24) is 0 Å². The molecule has 1 N–H and O–H groups in total. The van der Waals surface area contributed by atoms with Crippen LogP contribution < -0.4 is 18.9 Å². The summed E-state index contributed by atoms with van der Waals surface area (Å²) in [7, 11) is 0. The molecule has 1 nitrogen and oxygen atoms in total. The Morgan fingerprint density at radius 3 is 2.11 bits per heavy atom. The van der Waals surface area contributed by atoms with Gasteiger partial charge < -0.3 is 6.53 Å². The van der Waals surface area contributed by atoms with Crippen molar-refractivity contribution in [2.24, 2.45) is 0 Å². The van der Waals surface area contributed by atoms with Crippen LogP contribution in [0.5, 0.6) is 0 Å². The van der Waals surface area contributed by atoms with E-state index in [1.807, 2.05) is 0 Å². The number of aliphatic hydroxyl groups is 1. The van der Waals surface area contributed by atoms with Crippen molar-refractivity contribution in [1.29, 1.82) is 0 Å². The first-order valence-corrected chi connectivity index (χ1v) is 3.52. The van der Waals surface area contributed by atoms with E-state index >= 15 is 0 Å². The molecule has 0 unspecified atom stereocenters. The van der Waals surface area contributed by atoms with Crippen molar-refractivity contribution in [3.8, 4) is 0 Å². The Kier molecular flexibility index (Phi) is 15.5. The van der Waals surface area contributed by atoms with E-state index in [4.69, 9.17) is 5.11 Å². The van der Waals surface area contributed by atoms with Gasteiger partial charge in [0.15, 0.2) is 0 Å². The largest absolute Gasteiger partial charge is 1.00 e. The number of hydrogen-bond acceptors (Lipinski definition) is 1. The molecule has 0 amide bonds. The molecular weight excluding hydrogens is 107 g/mol. The summed E-state index contributed by atoms with van der Waals surface area (Å²) in [5, 5.41) is 8.37. The molecule has 9 heavy (non-hydrogen) atoms. The summed E-state index contributed by atoms with van der Waals surface area (Å²) in [5.74, 6) is 0. The quantitative estimate of drug-likeness (QED) is 0.370. The fraction of sp³-hybridized carbons (Fsp3) is 1.00. The van der Waals surface area contributed by atoms with Crippen LogP contribution in [0.1, 0.15) is 40.5 Å². The van der Waals surface area contributed by atoms with Crippen molar-refractivity contribution in [2.45, 2.75) is 39.0 Å². The third kappa shape index (κ3) is 11.9. The van der Waals surface area contributed by atoms with Gasteiger partial charge in [0, 0.05) is 6.61 Å². The molecule has 0 rings (SSSR count). The topological polar surface area (TPSA) is 20.2 Å². The van der Waals surface area contributed by atoms with Crippen LogP contribution in [0.4, 0.5) is 0 Å². The zero-order chi connectivity index (χ0) is 6.24. The van der Waals surface area contributed by atoms with Crippen molar-refractivity contribution in [3.05, 3.63) is 0 Å². The van der Waals surface area contributed by atoms with E-state index < -0.39 is 0 Å². The van der Waals surface area contributed by atoms with Crippen molar-refractivity contribution < 1.29 is 25.4 Å². The summed E-state index contributed by atoms with van der Waals surface area (Å²) in [4.78, 5) is 0.